The maximum atomic E-state index is 5.92. The molecule has 0 N–H and O–H groups in total. The number of nitrogens with zero attached hydrogens (tertiary/aromatic N) is 3. The molecule has 0 aliphatic heterocycles. The summed E-state index contributed by atoms with van der Waals surface area (Å²) in [6, 6.07) is 38.6. The predicted molar refractivity (Wildman–Crippen MR) is 138 cm³/mol. The molecule has 34 heavy (non-hydrogen) atoms. The molecule has 0 atom stereocenters. The predicted octanol–water partition coefficient (Wildman–Crippen LogP) is 7.18. The van der Waals surface area contributed by atoms with Gasteiger partial charge in [0.15, 0.2) is 5.82 Å². The lowest BCUT2D eigenvalue weighted by atomic mass is 10.1. The van der Waals surface area contributed by atoms with Gasteiger partial charge in [-0.05, 0) is 54.4 Å². The van der Waals surface area contributed by atoms with Crippen LogP contribution < -0.4 is 4.74 Å². The van der Waals surface area contributed by atoms with Crippen molar-refractivity contribution < 1.29 is 4.74 Å². The first kappa shape index (κ1) is 21.4. The number of ether oxygens (including phenoxy) is 1. The SMILES string of the molecule is Cc1ccc(COc2ccc(C=Nc3cc(-c4ccccc4)nn3-c3ccccc3)cc2)cc1. The molecular weight excluding hydrogens is 418 g/mol. The van der Waals surface area contributed by atoms with Crippen LogP contribution in [-0.2, 0) is 6.61 Å². The fourth-order valence-electron chi connectivity index (χ4n) is 3.61. The van der Waals surface area contributed by atoms with E-state index in [2.05, 4.69) is 43.3 Å². The summed E-state index contributed by atoms with van der Waals surface area (Å²) in [5.74, 6) is 1.60. The third-order valence-corrected chi connectivity index (χ3v) is 5.51. The lowest BCUT2D eigenvalue weighted by Gasteiger charge is -2.07. The van der Waals surface area contributed by atoms with Crippen molar-refractivity contribution in [3.05, 3.63) is 132 Å². The average Bonchev–Trinajstić information content (AvgIpc) is 3.33. The van der Waals surface area contributed by atoms with Crippen molar-refractivity contribution >= 4 is 12.0 Å². The molecule has 4 nitrogen and oxygen atoms in total. The van der Waals surface area contributed by atoms with Crippen LogP contribution in [0.15, 0.2) is 120 Å². The van der Waals surface area contributed by atoms with Crippen LogP contribution in [0.3, 0.4) is 0 Å². The summed E-state index contributed by atoms with van der Waals surface area (Å²) in [7, 11) is 0. The van der Waals surface area contributed by atoms with E-state index in [0.29, 0.717) is 6.61 Å². The Labute approximate surface area is 199 Å². The highest BCUT2D eigenvalue weighted by molar-refractivity contribution is 5.82. The van der Waals surface area contributed by atoms with Gasteiger partial charge in [-0.1, -0.05) is 78.4 Å². The van der Waals surface area contributed by atoms with Gasteiger partial charge in [-0.3, -0.25) is 0 Å². The van der Waals surface area contributed by atoms with Crippen LogP contribution in [0, 0.1) is 6.92 Å². The minimum absolute atomic E-state index is 0.548. The maximum absolute atomic E-state index is 5.92. The van der Waals surface area contributed by atoms with Gasteiger partial charge in [0, 0.05) is 17.8 Å². The van der Waals surface area contributed by atoms with Gasteiger partial charge in [0.05, 0.1) is 11.4 Å². The molecule has 1 heterocycles. The summed E-state index contributed by atoms with van der Waals surface area (Å²) in [5.41, 5.74) is 6.30. The minimum atomic E-state index is 0.548. The van der Waals surface area contributed by atoms with E-state index in [4.69, 9.17) is 14.8 Å². The fourth-order valence-corrected chi connectivity index (χ4v) is 3.61. The molecule has 1 aromatic heterocycles. The van der Waals surface area contributed by atoms with E-state index < -0.39 is 0 Å². The van der Waals surface area contributed by atoms with Gasteiger partial charge < -0.3 is 4.74 Å². The Morgan fingerprint density at radius 2 is 1.47 bits per heavy atom. The zero-order valence-corrected chi connectivity index (χ0v) is 19.0. The van der Waals surface area contributed by atoms with Gasteiger partial charge in [0.25, 0.3) is 0 Å². The molecule has 0 bridgehead atoms. The summed E-state index contributed by atoms with van der Waals surface area (Å²) >= 11 is 0. The van der Waals surface area contributed by atoms with Gasteiger partial charge in [-0.25, -0.2) is 9.67 Å². The normalized spacial score (nSPS) is 11.1. The second kappa shape index (κ2) is 10.0. The number of para-hydroxylation sites is 1. The van der Waals surface area contributed by atoms with Crippen LogP contribution in [-0.4, -0.2) is 16.0 Å². The topological polar surface area (TPSA) is 39.4 Å². The molecule has 4 heteroatoms. The fraction of sp³-hybridized carbons (Fsp3) is 0.0667. The third kappa shape index (κ3) is 5.13. The molecule has 0 spiro atoms. The third-order valence-electron chi connectivity index (χ3n) is 5.51. The van der Waals surface area contributed by atoms with Crippen molar-refractivity contribution in [3.8, 4) is 22.7 Å². The van der Waals surface area contributed by atoms with Crippen LogP contribution >= 0.6 is 0 Å². The van der Waals surface area contributed by atoms with Crippen LogP contribution in [0.1, 0.15) is 16.7 Å². The van der Waals surface area contributed by atoms with Crippen molar-refractivity contribution in [2.24, 2.45) is 4.99 Å². The Morgan fingerprint density at radius 1 is 0.794 bits per heavy atom. The first-order valence-electron chi connectivity index (χ1n) is 11.3. The van der Waals surface area contributed by atoms with Gasteiger partial charge in [0.2, 0.25) is 0 Å². The maximum Gasteiger partial charge on any atom is 0.156 e. The highest BCUT2D eigenvalue weighted by atomic mass is 16.5. The van der Waals surface area contributed by atoms with Crippen molar-refractivity contribution in [1.82, 2.24) is 9.78 Å². The monoisotopic (exact) mass is 443 g/mol. The molecule has 5 rings (SSSR count). The Kier molecular flexibility index (Phi) is 6.30. The van der Waals surface area contributed by atoms with E-state index in [0.717, 1.165) is 39.6 Å². The lowest BCUT2D eigenvalue weighted by Crippen LogP contribution is -1.96. The van der Waals surface area contributed by atoms with Crippen molar-refractivity contribution in [1.29, 1.82) is 0 Å². The zero-order valence-electron chi connectivity index (χ0n) is 19.0. The van der Waals surface area contributed by atoms with E-state index in [1.54, 1.807) is 0 Å². The quantitative estimate of drug-likeness (QED) is 0.250. The Bertz CT molecular complexity index is 1370. The highest BCUT2D eigenvalue weighted by Crippen LogP contribution is 2.26. The van der Waals surface area contributed by atoms with E-state index in [-0.39, 0.29) is 0 Å². The summed E-state index contributed by atoms with van der Waals surface area (Å²) in [6.07, 6.45) is 1.86. The molecule has 0 radical (unpaired) electrons. The number of rotatable bonds is 7. The van der Waals surface area contributed by atoms with Gasteiger partial charge in [-0.15, -0.1) is 0 Å². The number of benzene rings is 4. The van der Waals surface area contributed by atoms with E-state index in [1.165, 1.54) is 5.56 Å². The van der Waals surface area contributed by atoms with Gasteiger partial charge in [-0.2, -0.15) is 5.10 Å². The van der Waals surface area contributed by atoms with Gasteiger partial charge in [0.1, 0.15) is 12.4 Å². The molecule has 0 aliphatic carbocycles. The Hall–Kier alpha value is -4.44. The standard InChI is InChI=1S/C30H25N3O/c1-23-12-14-25(15-13-23)22-34-28-18-16-24(17-19-28)21-31-30-20-29(26-8-4-2-5-9-26)32-33(30)27-10-6-3-7-11-27/h2-21H,22H2,1H3. The molecule has 0 unspecified atom stereocenters. The van der Waals surface area contributed by atoms with E-state index in [1.807, 2.05) is 89.8 Å². The minimum Gasteiger partial charge on any atom is -0.489 e. The Balaban J connectivity index is 1.35. The molecule has 5 aromatic rings. The van der Waals surface area contributed by atoms with E-state index >= 15 is 0 Å². The summed E-state index contributed by atoms with van der Waals surface area (Å²) in [6.45, 7) is 2.63. The molecule has 0 amide bonds. The van der Waals surface area contributed by atoms with Crippen LogP contribution in [0.25, 0.3) is 16.9 Å². The van der Waals surface area contributed by atoms with E-state index in [9.17, 15) is 0 Å². The summed E-state index contributed by atoms with van der Waals surface area (Å²) in [5, 5.41) is 4.82. The molecule has 166 valence electrons. The summed E-state index contributed by atoms with van der Waals surface area (Å²) < 4.78 is 7.79. The molecule has 4 aromatic carbocycles. The largest absolute Gasteiger partial charge is 0.489 e. The highest BCUT2D eigenvalue weighted by Gasteiger charge is 2.10. The number of aromatic nitrogens is 2. The number of aliphatic imine (C=N–C) groups is 1. The molecule has 0 aliphatic rings. The van der Waals surface area contributed by atoms with Crippen molar-refractivity contribution in [2.45, 2.75) is 13.5 Å². The number of aryl methyl sites for hydroxylation is 1. The molecule has 0 saturated carbocycles. The lowest BCUT2D eigenvalue weighted by molar-refractivity contribution is 0.306. The van der Waals surface area contributed by atoms with Crippen LogP contribution in [0.5, 0.6) is 5.75 Å². The Morgan fingerprint density at radius 3 is 2.18 bits per heavy atom. The van der Waals surface area contributed by atoms with Crippen molar-refractivity contribution in [3.63, 3.8) is 0 Å². The second-order valence-electron chi connectivity index (χ2n) is 8.10. The summed E-state index contributed by atoms with van der Waals surface area (Å²) in [4.78, 5) is 4.77. The average molecular weight is 444 g/mol. The van der Waals surface area contributed by atoms with Crippen LogP contribution in [0.2, 0.25) is 0 Å². The zero-order chi connectivity index (χ0) is 23.2. The first-order valence-corrected chi connectivity index (χ1v) is 11.3. The molecular formula is C30H25N3O. The first-order chi connectivity index (χ1) is 16.7. The molecule has 0 fully saturated rings. The van der Waals surface area contributed by atoms with Crippen LogP contribution in [0.4, 0.5) is 5.82 Å². The molecule has 0 saturated heterocycles. The smallest absolute Gasteiger partial charge is 0.156 e. The second-order valence-corrected chi connectivity index (χ2v) is 8.10. The number of hydrogen-bond donors (Lipinski definition) is 0. The number of hydrogen-bond acceptors (Lipinski definition) is 3. The van der Waals surface area contributed by atoms with Crippen molar-refractivity contribution in [2.75, 3.05) is 0 Å². The van der Waals surface area contributed by atoms with Gasteiger partial charge >= 0.3 is 0 Å².